The van der Waals surface area contributed by atoms with Crippen molar-refractivity contribution >= 4 is 34.7 Å². The largest absolute Gasteiger partial charge is 0.391 e. The van der Waals surface area contributed by atoms with Gasteiger partial charge in [-0.1, -0.05) is 36.6 Å². The summed E-state index contributed by atoms with van der Waals surface area (Å²) in [5.74, 6) is 0.279. The summed E-state index contributed by atoms with van der Waals surface area (Å²) in [6.45, 7) is 0. The molecule has 2 aromatic heterocycles. The molecule has 140 valence electrons. The van der Waals surface area contributed by atoms with Crippen LogP contribution < -0.4 is 10.6 Å². The molecule has 0 radical (unpaired) electrons. The molecule has 4 rings (SSSR count). The summed E-state index contributed by atoms with van der Waals surface area (Å²) in [6, 6.07) is 8.80. The van der Waals surface area contributed by atoms with Crippen LogP contribution in [0.2, 0.25) is 5.02 Å². The van der Waals surface area contributed by atoms with Crippen LogP contribution in [-0.4, -0.2) is 37.8 Å². The third-order valence-electron chi connectivity index (χ3n) is 4.80. The zero-order valence-corrected chi connectivity index (χ0v) is 15.4. The number of amides is 1. The SMILES string of the molecule is O=C(Nc1ccccc1Cl)c1cnn2ccc(N[C@@H]3CCCC[C@@H]3O)nc12. The van der Waals surface area contributed by atoms with Gasteiger partial charge in [-0.25, -0.2) is 9.50 Å². The van der Waals surface area contributed by atoms with Crippen molar-refractivity contribution in [2.24, 2.45) is 0 Å². The lowest BCUT2D eigenvalue weighted by molar-refractivity contribution is 0.102. The molecular weight excluding hydrogens is 366 g/mol. The predicted molar refractivity (Wildman–Crippen MR) is 104 cm³/mol. The van der Waals surface area contributed by atoms with Crippen molar-refractivity contribution in [2.45, 2.75) is 37.8 Å². The third kappa shape index (κ3) is 3.74. The summed E-state index contributed by atoms with van der Waals surface area (Å²) in [7, 11) is 0. The number of rotatable bonds is 4. The lowest BCUT2D eigenvalue weighted by Gasteiger charge is -2.28. The molecule has 0 saturated heterocycles. The van der Waals surface area contributed by atoms with Gasteiger partial charge >= 0.3 is 0 Å². The number of carbonyl (C=O) groups is 1. The smallest absolute Gasteiger partial charge is 0.261 e. The van der Waals surface area contributed by atoms with Crippen LogP contribution in [0.25, 0.3) is 5.65 Å². The number of nitrogens with zero attached hydrogens (tertiary/aromatic N) is 3. The van der Waals surface area contributed by atoms with Gasteiger partial charge in [0.05, 0.1) is 29.1 Å². The predicted octanol–water partition coefficient (Wildman–Crippen LogP) is 3.35. The number of anilines is 2. The van der Waals surface area contributed by atoms with Gasteiger partial charge in [0.2, 0.25) is 0 Å². The fraction of sp³-hybridized carbons (Fsp3) is 0.316. The lowest BCUT2D eigenvalue weighted by atomic mass is 9.93. The van der Waals surface area contributed by atoms with Crippen molar-refractivity contribution in [2.75, 3.05) is 10.6 Å². The summed E-state index contributed by atoms with van der Waals surface area (Å²) in [5.41, 5.74) is 1.32. The van der Waals surface area contributed by atoms with Gasteiger partial charge in [0, 0.05) is 6.20 Å². The normalized spacial score (nSPS) is 19.8. The maximum Gasteiger partial charge on any atom is 0.261 e. The maximum atomic E-state index is 12.7. The highest BCUT2D eigenvalue weighted by molar-refractivity contribution is 6.34. The van der Waals surface area contributed by atoms with E-state index in [1.54, 1.807) is 41.0 Å². The van der Waals surface area contributed by atoms with E-state index in [0.29, 0.717) is 27.7 Å². The quantitative estimate of drug-likeness (QED) is 0.640. The molecule has 7 nitrogen and oxygen atoms in total. The molecule has 1 aliphatic carbocycles. The molecule has 3 aromatic rings. The number of halogens is 1. The van der Waals surface area contributed by atoms with Gasteiger partial charge in [-0.15, -0.1) is 0 Å². The number of benzene rings is 1. The molecule has 1 aromatic carbocycles. The Morgan fingerprint density at radius 3 is 2.85 bits per heavy atom. The Morgan fingerprint density at radius 1 is 1.22 bits per heavy atom. The van der Waals surface area contributed by atoms with Crippen molar-refractivity contribution in [3.63, 3.8) is 0 Å². The summed E-state index contributed by atoms with van der Waals surface area (Å²) in [4.78, 5) is 17.2. The van der Waals surface area contributed by atoms with Gasteiger partial charge in [-0.05, 0) is 31.0 Å². The van der Waals surface area contributed by atoms with E-state index < -0.39 is 0 Å². The fourth-order valence-corrected chi connectivity index (χ4v) is 3.51. The second-order valence-corrected chi connectivity index (χ2v) is 7.08. The molecule has 8 heteroatoms. The van der Waals surface area contributed by atoms with Gasteiger partial charge in [0.15, 0.2) is 5.65 Å². The van der Waals surface area contributed by atoms with Crippen molar-refractivity contribution < 1.29 is 9.90 Å². The summed E-state index contributed by atoms with van der Waals surface area (Å²) < 4.78 is 1.55. The molecule has 0 spiro atoms. The van der Waals surface area contributed by atoms with Crippen LogP contribution in [0.1, 0.15) is 36.0 Å². The number of hydrogen-bond donors (Lipinski definition) is 3. The van der Waals surface area contributed by atoms with E-state index in [-0.39, 0.29) is 18.1 Å². The molecule has 3 N–H and O–H groups in total. The molecule has 27 heavy (non-hydrogen) atoms. The topological polar surface area (TPSA) is 91.6 Å². The van der Waals surface area contributed by atoms with E-state index >= 15 is 0 Å². The highest BCUT2D eigenvalue weighted by Gasteiger charge is 2.23. The minimum absolute atomic E-state index is 0.0305. The zero-order valence-electron chi connectivity index (χ0n) is 14.6. The van der Waals surface area contributed by atoms with E-state index in [9.17, 15) is 9.90 Å². The minimum atomic E-state index is -0.385. The first-order valence-corrected chi connectivity index (χ1v) is 9.34. The summed E-state index contributed by atoms with van der Waals surface area (Å²) in [5, 5.41) is 20.9. The van der Waals surface area contributed by atoms with Gasteiger partial charge < -0.3 is 15.7 Å². The number of aromatic nitrogens is 3. The average Bonchev–Trinajstić information content (AvgIpc) is 3.09. The third-order valence-corrected chi connectivity index (χ3v) is 5.13. The number of nitrogens with one attached hydrogen (secondary N) is 2. The average molecular weight is 386 g/mol. The Balaban J connectivity index is 1.58. The van der Waals surface area contributed by atoms with Gasteiger partial charge in [-0.2, -0.15) is 5.10 Å². The minimum Gasteiger partial charge on any atom is -0.391 e. The molecular formula is C19H20ClN5O2. The lowest BCUT2D eigenvalue weighted by Crippen LogP contribution is -2.36. The first kappa shape index (κ1) is 17.8. The standard InChI is InChI=1S/C19H20ClN5O2/c20-13-5-1-2-6-14(13)23-19(27)12-11-21-25-10-9-17(24-18(12)25)22-15-7-3-4-8-16(15)26/h1-2,5-6,9-11,15-16,26H,3-4,7-8H2,(H,22,24)(H,23,27)/t15-,16+/m1/s1. The molecule has 0 aliphatic heterocycles. The van der Waals surface area contributed by atoms with Crippen LogP contribution in [0.5, 0.6) is 0 Å². The molecule has 1 amide bonds. The van der Waals surface area contributed by atoms with Crippen molar-refractivity contribution in [3.8, 4) is 0 Å². The van der Waals surface area contributed by atoms with E-state index in [1.807, 2.05) is 0 Å². The molecule has 1 fully saturated rings. The number of aliphatic hydroxyl groups excluding tert-OH is 1. The van der Waals surface area contributed by atoms with E-state index in [2.05, 4.69) is 20.7 Å². The summed E-state index contributed by atoms with van der Waals surface area (Å²) in [6.07, 6.45) is 6.64. The highest BCUT2D eigenvalue weighted by Crippen LogP contribution is 2.24. The van der Waals surface area contributed by atoms with E-state index in [0.717, 1.165) is 25.7 Å². The monoisotopic (exact) mass is 385 g/mol. The van der Waals surface area contributed by atoms with Crippen LogP contribution in [0.4, 0.5) is 11.5 Å². The zero-order chi connectivity index (χ0) is 18.8. The van der Waals surface area contributed by atoms with Crippen molar-refractivity contribution in [1.29, 1.82) is 0 Å². The Hall–Kier alpha value is -2.64. The molecule has 1 aliphatic rings. The Bertz CT molecular complexity index is 974. The molecule has 2 atom stereocenters. The molecule has 0 bridgehead atoms. The number of aliphatic hydroxyl groups is 1. The summed E-state index contributed by atoms with van der Waals surface area (Å²) >= 11 is 6.11. The molecule has 1 saturated carbocycles. The number of hydrogen-bond acceptors (Lipinski definition) is 5. The van der Waals surface area contributed by atoms with Crippen LogP contribution in [-0.2, 0) is 0 Å². The Labute approximate surface area is 161 Å². The van der Waals surface area contributed by atoms with E-state index in [4.69, 9.17) is 11.6 Å². The first-order chi connectivity index (χ1) is 13.1. The van der Waals surface area contributed by atoms with Crippen LogP contribution >= 0.6 is 11.6 Å². The van der Waals surface area contributed by atoms with Crippen LogP contribution in [0.15, 0.2) is 42.7 Å². The van der Waals surface area contributed by atoms with Gasteiger partial charge in [0.25, 0.3) is 5.91 Å². The first-order valence-electron chi connectivity index (χ1n) is 8.97. The molecule has 0 unspecified atom stereocenters. The second-order valence-electron chi connectivity index (χ2n) is 6.68. The highest BCUT2D eigenvalue weighted by atomic mass is 35.5. The second kappa shape index (κ2) is 7.54. The van der Waals surface area contributed by atoms with Crippen LogP contribution in [0.3, 0.4) is 0 Å². The van der Waals surface area contributed by atoms with Crippen molar-refractivity contribution in [1.82, 2.24) is 14.6 Å². The van der Waals surface area contributed by atoms with Gasteiger partial charge in [-0.3, -0.25) is 4.79 Å². The molecule has 2 heterocycles. The number of carbonyl (C=O) groups excluding carboxylic acids is 1. The Kier molecular flexibility index (Phi) is 4.96. The Morgan fingerprint density at radius 2 is 2.04 bits per heavy atom. The number of para-hydroxylation sites is 1. The maximum absolute atomic E-state index is 12.7. The fourth-order valence-electron chi connectivity index (χ4n) is 3.33. The van der Waals surface area contributed by atoms with E-state index in [1.165, 1.54) is 6.20 Å². The van der Waals surface area contributed by atoms with Gasteiger partial charge in [0.1, 0.15) is 11.4 Å². The van der Waals surface area contributed by atoms with Crippen LogP contribution in [0, 0.1) is 0 Å². The van der Waals surface area contributed by atoms with Crippen molar-refractivity contribution in [3.05, 3.63) is 53.3 Å². The number of fused-ring (bicyclic) bond motifs is 1.